The van der Waals surface area contributed by atoms with Crippen molar-refractivity contribution in [3.05, 3.63) is 19.6 Å². The van der Waals surface area contributed by atoms with Gasteiger partial charge in [-0.3, -0.25) is 0 Å². The van der Waals surface area contributed by atoms with Gasteiger partial charge in [0, 0.05) is 0 Å². The van der Waals surface area contributed by atoms with Crippen LogP contribution >= 0.6 is 29.1 Å². The zero-order chi connectivity index (χ0) is 16.1. The van der Waals surface area contributed by atoms with Crippen LogP contribution in [-0.2, 0) is 17.8 Å². The van der Waals surface area contributed by atoms with Crippen molar-refractivity contribution in [2.75, 3.05) is 37.0 Å². The predicted molar refractivity (Wildman–Crippen MR) is 104 cm³/mol. The minimum absolute atomic E-state index is 0.137. The van der Waals surface area contributed by atoms with E-state index in [4.69, 9.17) is 0 Å². The Morgan fingerprint density at radius 1 is 0.789 bits per heavy atom. The summed E-state index contributed by atoms with van der Waals surface area (Å²) in [6, 6.07) is 0. The standard InChI is InChI=1S/2C6H15P.C3H5.BrH.Pt/c2*1-4-7(5-2)6-3;1-3-2;;/h2*4-6H2,1-3H3;3H,1-2H2;1H;/q;;-1;;+2/p+1. The molecule has 0 rings (SSSR count). The van der Waals surface area contributed by atoms with Crippen LogP contribution in [0.3, 0.4) is 0 Å². The molecule has 0 amide bonds. The van der Waals surface area contributed by atoms with Crippen LogP contribution in [0.5, 0.6) is 0 Å². The molecular weight excluding hydrogens is 517 g/mol. The van der Waals surface area contributed by atoms with Crippen LogP contribution in [-0.4, -0.2) is 37.0 Å². The average Bonchev–Trinajstić information content (AvgIpc) is 2.46. The topological polar surface area (TPSA) is 0 Å². The summed E-state index contributed by atoms with van der Waals surface area (Å²) in [7, 11) is 0.275. The summed E-state index contributed by atoms with van der Waals surface area (Å²) in [5.74, 6) is 0. The van der Waals surface area contributed by atoms with E-state index in [-0.39, 0.29) is 15.8 Å². The molecule has 0 aliphatic rings. The number of hydrogen-bond donors (Lipinski definition) is 0. The van der Waals surface area contributed by atoms with Gasteiger partial charge in [-0.1, -0.05) is 0 Å². The molecule has 122 valence electrons. The number of rotatable bonds is 6. The zero-order valence-electron chi connectivity index (χ0n) is 13.9. The van der Waals surface area contributed by atoms with Crippen LogP contribution in [0.15, 0.2) is 12.7 Å². The Hall–Kier alpha value is 1.64. The van der Waals surface area contributed by atoms with Gasteiger partial charge in [0.25, 0.3) is 0 Å². The second kappa shape index (κ2) is 31.8. The Labute approximate surface area is 144 Å². The van der Waals surface area contributed by atoms with Crippen LogP contribution in [0.2, 0.25) is 0 Å². The fourth-order valence-electron chi connectivity index (χ4n) is 1.50. The summed E-state index contributed by atoms with van der Waals surface area (Å²) in [5, 5.41) is 0. The SMILES string of the molecule is C=C[CH2-].CC[PH+](CC)CC.CC[PH+](CC)CC.[Br][Pt+]. The van der Waals surface area contributed by atoms with Crippen molar-refractivity contribution in [2.24, 2.45) is 0 Å². The van der Waals surface area contributed by atoms with E-state index in [1.165, 1.54) is 43.0 Å². The molecule has 0 heterocycles. The zero-order valence-corrected chi connectivity index (χ0v) is 19.8. The quantitative estimate of drug-likeness (QED) is 0.265. The summed E-state index contributed by atoms with van der Waals surface area (Å²) < 4.78 is 0. The maximum atomic E-state index is 3.25. The van der Waals surface area contributed by atoms with E-state index in [1.54, 1.807) is 0 Å². The fourth-order valence-corrected chi connectivity index (χ4v) is 4.50. The minimum atomic E-state index is 0.137. The fraction of sp³-hybridized carbons (Fsp3) is 0.800. The monoisotopic (exact) mass is 553 g/mol. The van der Waals surface area contributed by atoms with Gasteiger partial charge in [0.15, 0.2) is 0 Å². The van der Waals surface area contributed by atoms with Crippen LogP contribution in [0, 0.1) is 6.92 Å². The summed E-state index contributed by atoms with van der Waals surface area (Å²) in [6.45, 7) is 20.3. The van der Waals surface area contributed by atoms with Gasteiger partial charge in [-0.05, 0) is 57.4 Å². The van der Waals surface area contributed by atoms with E-state index < -0.39 is 0 Å². The van der Waals surface area contributed by atoms with Gasteiger partial charge in [-0.15, -0.1) is 0 Å². The van der Waals surface area contributed by atoms with Crippen molar-refractivity contribution in [1.29, 1.82) is 0 Å². The Kier molecular flexibility index (Phi) is 48.2. The van der Waals surface area contributed by atoms with Crippen molar-refractivity contribution in [3.63, 3.8) is 0 Å². The summed E-state index contributed by atoms with van der Waals surface area (Å²) >= 11 is 4.86. The van der Waals surface area contributed by atoms with Crippen molar-refractivity contribution in [3.8, 4) is 0 Å². The summed E-state index contributed by atoms with van der Waals surface area (Å²) in [4.78, 5) is 0. The van der Waals surface area contributed by atoms with Crippen molar-refractivity contribution >= 4 is 29.1 Å². The van der Waals surface area contributed by atoms with Crippen molar-refractivity contribution < 1.29 is 17.8 Å². The molecular formula is C15H37BrP2Pt+2. The summed E-state index contributed by atoms with van der Waals surface area (Å²) in [5.41, 5.74) is 0. The Bertz CT molecular complexity index is 104. The molecule has 0 saturated carbocycles. The van der Waals surface area contributed by atoms with E-state index in [0.29, 0.717) is 0 Å². The third-order valence-electron chi connectivity index (χ3n) is 3.00. The van der Waals surface area contributed by atoms with E-state index >= 15 is 0 Å². The molecule has 0 spiro atoms. The van der Waals surface area contributed by atoms with Crippen LogP contribution in [0.4, 0.5) is 0 Å². The van der Waals surface area contributed by atoms with Gasteiger partial charge in [-0.2, -0.15) is 0 Å². The van der Waals surface area contributed by atoms with Gasteiger partial charge in [0.2, 0.25) is 0 Å². The molecule has 0 aromatic carbocycles. The van der Waals surface area contributed by atoms with E-state index in [2.05, 4.69) is 68.3 Å². The molecule has 0 N–H and O–H groups in total. The Balaban J connectivity index is -0.0000000888. The average molecular weight is 554 g/mol. The first-order chi connectivity index (χ1) is 9.11. The van der Waals surface area contributed by atoms with Crippen LogP contribution in [0.25, 0.3) is 0 Å². The van der Waals surface area contributed by atoms with E-state index in [1.807, 2.05) is 17.8 Å². The van der Waals surface area contributed by atoms with Crippen molar-refractivity contribution in [1.82, 2.24) is 0 Å². The maximum absolute atomic E-state index is 3.25. The first-order valence-electron chi connectivity index (χ1n) is 7.30. The molecule has 0 aliphatic heterocycles. The molecule has 0 aromatic heterocycles. The molecule has 19 heavy (non-hydrogen) atoms. The molecule has 0 nitrogen and oxygen atoms in total. The van der Waals surface area contributed by atoms with Crippen LogP contribution in [0.1, 0.15) is 41.5 Å². The normalized spacial score (nSPS) is 8.58. The van der Waals surface area contributed by atoms with Gasteiger partial charge in [0.1, 0.15) is 0 Å². The molecule has 0 aliphatic carbocycles. The first kappa shape index (κ1) is 28.8. The first-order valence-corrected chi connectivity index (χ1v) is 16.5. The van der Waals surface area contributed by atoms with Gasteiger partial charge >= 0.3 is 31.1 Å². The molecule has 0 atom stereocenters. The predicted octanol–water partition coefficient (Wildman–Crippen LogP) is 6.37. The second-order valence-electron chi connectivity index (χ2n) is 3.91. The number of halogens is 1. The molecule has 0 bridgehead atoms. The van der Waals surface area contributed by atoms with E-state index in [9.17, 15) is 0 Å². The molecule has 0 radical (unpaired) electrons. The number of hydrogen-bond acceptors (Lipinski definition) is 0. The van der Waals surface area contributed by atoms with Gasteiger partial charge in [0.05, 0.1) is 37.0 Å². The molecule has 0 fully saturated rings. The third-order valence-corrected chi connectivity index (χ3v) is 9.00. The second-order valence-corrected chi connectivity index (χ2v) is 11.2. The Morgan fingerprint density at radius 2 is 0.895 bits per heavy atom. The number of allylic oxidation sites excluding steroid dienone is 1. The Morgan fingerprint density at radius 3 is 0.895 bits per heavy atom. The van der Waals surface area contributed by atoms with Gasteiger partial charge in [-0.25, -0.2) is 19.6 Å². The third kappa shape index (κ3) is 32.8. The summed E-state index contributed by atoms with van der Waals surface area (Å²) in [6.07, 6.45) is 10.2. The van der Waals surface area contributed by atoms with Crippen molar-refractivity contribution in [2.45, 2.75) is 41.5 Å². The molecule has 0 saturated heterocycles. The molecule has 0 aromatic rings. The molecule has 0 unspecified atom stereocenters. The van der Waals surface area contributed by atoms with E-state index in [0.717, 1.165) is 0 Å². The van der Waals surface area contributed by atoms with Crippen LogP contribution < -0.4 is 0 Å². The van der Waals surface area contributed by atoms with Gasteiger partial charge < -0.3 is 0 Å². The molecule has 4 heteroatoms.